The predicted molar refractivity (Wildman–Crippen MR) is 201 cm³/mol. The molecule has 3 aliphatic carbocycles. The Hall–Kier alpha value is -0.0800. The molecule has 264 valence electrons. The Morgan fingerprint density at radius 1 is 0.386 bits per heavy atom. The quantitative estimate of drug-likeness (QED) is 0.288. The molecule has 2 nitrogen and oxygen atoms in total. The van der Waals surface area contributed by atoms with E-state index in [1.165, 1.54) is 116 Å². The van der Waals surface area contributed by atoms with Gasteiger partial charge in [0.2, 0.25) is 0 Å². The summed E-state index contributed by atoms with van der Waals surface area (Å²) in [7, 11) is 6.64. The zero-order chi connectivity index (χ0) is 33.8. The fraction of sp³-hybridized carbons (Fsp3) is 1.00. The van der Waals surface area contributed by atoms with Gasteiger partial charge in [0, 0.05) is 6.04 Å². The molecule has 0 aromatic carbocycles. The van der Waals surface area contributed by atoms with Crippen molar-refractivity contribution in [3.63, 3.8) is 0 Å². The Morgan fingerprint density at radius 3 is 0.909 bits per heavy atom. The molecule has 4 rings (SSSR count). The van der Waals surface area contributed by atoms with Crippen molar-refractivity contribution >= 4 is 0 Å². The summed E-state index contributed by atoms with van der Waals surface area (Å²) in [5.74, 6) is 3.89. The number of likely N-dealkylation sites (tertiary alicyclic amines) is 1. The second-order valence-corrected chi connectivity index (χ2v) is 20.2. The lowest BCUT2D eigenvalue weighted by atomic mass is 9.71. The van der Waals surface area contributed by atoms with E-state index in [0.717, 1.165) is 29.7 Å². The smallest absolute Gasteiger partial charge is 0.00893 e. The summed E-state index contributed by atoms with van der Waals surface area (Å²) in [6, 6.07) is 0.846. The van der Waals surface area contributed by atoms with Crippen molar-refractivity contribution in [1.29, 1.82) is 0 Å². The van der Waals surface area contributed by atoms with E-state index in [-0.39, 0.29) is 0 Å². The molecule has 0 atom stereocenters. The van der Waals surface area contributed by atoms with E-state index in [4.69, 9.17) is 0 Å². The molecular formula is C42H86N2. The molecule has 4 aliphatic rings. The molecule has 1 aliphatic heterocycles. The lowest BCUT2D eigenvalue weighted by molar-refractivity contribution is 0.124. The molecule has 3 saturated carbocycles. The predicted octanol–water partition coefficient (Wildman–Crippen LogP) is 12.8. The van der Waals surface area contributed by atoms with Crippen LogP contribution in [0.5, 0.6) is 0 Å². The van der Waals surface area contributed by atoms with E-state index in [9.17, 15) is 0 Å². The molecular weight excluding hydrogens is 532 g/mol. The average Bonchev–Trinajstić information content (AvgIpc) is 2.93. The summed E-state index contributed by atoms with van der Waals surface area (Å²) >= 11 is 0. The molecule has 0 amide bonds. The molecule has 0 radical (unpaired) electrons. The van der Waals surface area contributed by atoms with Crippen LogP contribution < -0.4 is 0 Å². The van der Waals surface area contributed by atoms with E-state index >= 15 is 0 Å². The number of nitrogens with zero attached hydrogens (tertiary/aromatic N) is 2. The first kappa shape index (κ1) is 41.9. The monoisotopic (exact) mass is 619 g/mol. The van der Waals surface area contributed by atoms with Crippen molar-refractivity contribution in [3.05, 3.63) is 0 Å². The van der Waals surface area contributed by atoms with E-state index in [0.29, 0.717) is 21.7 Å². The Bertz CT molecular complexity index is 669. The highest BCUT2D eigenvalue weighted by molar-refractivity contribution is 4.83. The Morgan fingerprint density at radius 2 is 0.659 bits per heavy atom. The maximum atomic E-state index is 2.43. The van der Waals surface area contributed by atoms with Gasteiger partial charge in [0.1, 0.15) is 0 Å². The van der Waals surface area contributed by atoms with Gasteiger partial charge < -0.3 is 9.80 Å². The van der Waals surface area contributed by atoms with E-state index in [1.54, 1.807) is 0 Å². The molecule has 1 heterocycles. The van der Waals surface area contributed by atoms with Crippen LogP contribution in [0.25, 0.3) is 0 Å². The molecule has 1 saturated heterocycles. The van der Waals surface area contributed by atoms with Crippen molar-refractivity contribution < 1.29 is 0 Å². The summed E-state index contributed by atoms with van der Waals surface area (Å²) in [6.07, 6.45) is 23.2. The van der Waals surface area contributed by atoms with Crippen LogP contribution >= 0.6 is 0 Å². The van der Waals surface area contributed by atoms with Gasteiger partial charge in [-0.25, -0.2) is 0 Å². The fourth-order valence-corrected chi connectivity index (χ4v) is 8.27. The first-order chi connectivity index (χ1) is 20.1. The SMILES string of the molecule is CC(C)(C)C1CCCCC1.CC(C)(C)C1CCCCC1.CN(C)C1CCC(C(C)(C)C)CC1.CN1CCC(C(C)(C)C)CC1. The van der Waals surface area contributed by atoms with Crippen LogP contribution in [0.4, 0.5) is 0 Å². The molecule has 4 fully saturated rings. The fourth-order valence-electron chi connectivity index (χ4n) is 8.27. The van der Waals surface area contributed by atoms with Gasteiger partial charge in [-0.05, 0) is 144 Å². The topological polar surface area (TPSA) is 6.48 Å². The zero-order valence-corrected chi connectivity index (χ0v) is 33.5. The lowest BCUT2D eigenvalue weighted by Crippen LogP contribution is -2.35. The van der Waals surface area contributed by atoms with Crippen LogP contribution in [0.15, 0.2) is 0 Å². The molecule has 0 spiro atoms. The van der Waals surface area contributed by atoms with Gasteiger partial charge >= 0.3 is 0 Å². The van der Waals surface area contributed by atoms with Crippen LogP contribution in [-0.2, 0) is 0 Å². The third-order valence-electron chi connectivity index (χ3n) is 12.3. The van der Waals surface area contributed by atoms with Gasteiger partial charge in [-0.2, -0.15) is 0 Å². The second-order valence-electron chi connectivity index (χ2n) is 20.2. The molecule has 44 heavy (non-hydrogen) atoms. The average molecular weight is 619 g/mol. The minimum Gasteiger partial charge on any atom is -0.306 e. The van der Waals surface area contributed by atoms with Crippen LogP contribution in [0.3, 0.4) is 0 Å². The highest BCUT2D eigenvalue weighted by Crippen LogP contribution is 2.40. The Labute approximate surface area is 280 Å². The number of hydrogen-bond donors (Lipinski definition) is 0. The van der Waals surface area contributed by atoms with Gasteiger partial charge in [-0.3, -0.25) is 0 Å². The summed E-state index contributed by atoms with van der Waals surface area (Å²) in [5.41, 5.74) is 2.19. The Balaban J connectivity index is 0.000000295. The molecule has 0 bridgehead atoms. The van der Waals surface area contributed by atoms with Crippen LogP contribution in [0.1, 0.15) is 186 Å². The minimum absolute atomic E-state index is 0.525. The zero-order valence-electron chi connectivity index (χ0n) is 33.5. The van der Waals surface area contributed by atoms with E-state index in [1.807, 2.05) is 0 Å². The first-order valence-corrected chi connectivity index (χ1v) is 19.5. The van der Waals surface area contributed by atoms with Gasteiger partial charge in [0.05, 0.1) is 0 Å². The second kappa shape index (κ2) is 19.1. The summed E-state index contributed by atoms with van der Waals surface area (Å²) in [5, 5.41) is 0. The third kappa shape index (κ3) is 17.2. The van der Waals surface area contributed by atoms with Crippen molar-refractivity contribution in [2.45, 2.75) is 192 Å². The molecule has 0 unspecified atom stereocenters. The van der Waals surface area contributed by atoms with Crippen molar-refractivity contribution in [2.24, 2.45) is 45.3 Å². The minimum atomic E-state index is 0.525. The first-order valence-electron chi connectivity index (χ1n) is 19.5. The molecule has 2 heteroatoms. The molecule has 0 aromatic heterocycles. The largest absolute Gasteiger partial charge is 0.306 e. The van der Waals surface area contributed by atoms with Crippen LogP contribution in [0, 0.1) is 45.3 Å². The molecule has 0 aromatic rings. The maximum absolute atomic E-state index is 2.43. The van der Waals surface area contributed by atoms with Gasteiger partial charge in [-0.1, -0.05) is 122 Å². The maximum Gasteiger partial charge on any atom is 0.00893 e. The molecule has 0 N–H and O–H groups in total. The van der Waals surface area contributed by atoms with E-state index < -0.39 is 0 Å². The normalized spacial score (nSPS) is 25.6. The third-order valence-corrected chi connectivity index (χ3v) is 12.3. The van der Waals surface area contributed by atoms with Crippen molar-refractivity contribution in [2.75, 3.05) is 34.2 Å². The van der Waals surface area contributed by atoms with Gasteiger partial charge in [-0.15, -0.1) is 0 Å². The van der Waals surface area contributed by atoms with Crippen molar-refractivity contribution in [3.8, 4) is 0 Å². The van der Waals surface area contributed by atoms with Gasteiger partial charge in [0.25, 0.3) is 0 Å². The Kier molecular flexibility index (Phi) is 18.2. The van der Waals surface area contributed by atoms with E-state index in [2.05, 4.69) is 114 Å². The summed E-state index contributed by atoms with van der Waals surface area (Å²) < 4.78 is 0. The number of piperidine rings is 1. The lowest BCUT2D eigenvalue weighted by Gasteiger charge is -2.39. The standard InChI is InChI=1S/C12H25N.C10H21N.2C10H20/c1-12(2,3)10-6-8-11(9-7-10)13(4)5;1-10(2,3)9-5-7-11(4)8-6-9;2*1-10(2,3)9-7-5-4-6-8-9/h10-11H,6-9H2,1-5H3;9H,5-8H2,1-4H3;2*9H,4-8H2,1-3H3. The number of hydrogen-bond acceptors (Lipinski definition) is 2. The summed E-state index contributed by atoms with van der Waals surface area (Å²) in [4.78, 5) is 4.82. The highest BCUT2D eigenvalue weighted by Gasteiger charge is 2.30. The number of rotatable bonds is 1. The van der Waals surface area contributed by atoms with Gasteiger partial charge in [0.15, 0.2) is 0 Å². The van der Waals surface area contributed by atoms with Crippen LogP contribution in [0.2, 0.25) is 0 Å². The van der Waals surface area contributed by atoms with Crippen molar-refractivity contribution in [1.82, 2.24) is 9.80 Å². The summed E-state index contributed by atoms with van der Waals surface area (Å²) in [6.45, 7) is 31.1. The highest BCUT2D eigenvalue weighted by atomic mass is 15.1. The van der Waals surface area contributed by atoms with Crippen LogP contribution in [-0.4, -0.2) is 50.1 Å².